The van der Waals surface area contributed by atoms with Crippen molar-refractivity contribution in [3.05, 3.63) is 0 Å². The molecule has 0 spiro atoms. The highest BCUT2D eigenvalue weighted by molar-refractivity contribution is 4.82. The van der Waals surface area contributed by atoms with Gasteiger partial charge in [0.2, 0.25) is 0 Å². The van der Waals surface area contributed by atoms with Crippen LogP contribution in [0.3, 0.4) is 0 Å². The molecule has 0 aromatic heterocycles. The standard InChI is InChI=1S/C21H38/c1-2-4-10-18(11-5-3-1)16-20-14-8-9-15-21(20)17-19-12-6-7-13-19/h18-21H,1-17H2/t20?,21-/m0/s1. The Labute approximate surface area is 133 Å². The Morgan fingerprint density at radius 1 is 0.381 bits per heavy atom. The zero-order valence-corrected chi connectivity index (χ0v) is 14.3. The Bertz CT molecular complexity index is 268. The zero-order valence-electron chi connectivity index (χ0n) is 14.3. The first-order chi connectivity index (χ1) is 10.4. The fraction of sp³-hybridized carbons (Fsp3) is 1.00. The fourth-order valence-electron chi connectivity index (χ4n) is 5.78. The van der Waals surface area contributed by atoms with Crippen LogP contribution in [0.4, 0.5) is 0 Å². The minimum Gasteiger partial charge on any atom is -0.0533 e. The van der Waals surface area contributed by atoms with E-state index >= 15 is 0 Å². The quantitative estimate of drug-likeness (QED) is 0.517. The van der Waals surface area contributed by atoms with E-state index in [-0.39, 0.29) is 0 Å². The lowest BCUT2D eigenvalue weighted by Gasteiger charge is -2.36. The van der Waals surface area contributed by atoms with Gasteiger partial charge in [0.1, 0.15) is 0 Å². The topological polar surface area (TPSA) is 0 Å². The van der Waals surface area contributed by atoms with Gasteiger partial charge in [-0.2, -0.15) is 0 Å². The van der Waals surface area contributed by atoms with Crippen LogP contribution >= 0.6 is 0 Å². The predicted molar refractivity (Wildman–Crippen MR) is 92.4 cm³/mol. The molecule has 0 N–H and O–H groups in total. The molecule has 0 heterocycles. The highest BCUT2D eigenvalue weighted by atomic mass is 14.4. The van der Waals surface area contributed by atoms with Crippen LogP contribution in [-0.4, -0.2) is 0 Å². The van der Waals surface area contributed by atoms with Gasteiger partial charge in [-0.1, -0.05) is 96.3 Å². The minimum absolute atomic E-state index is 1.10. The van der Waals surface area contributed by atoms with E-state index in [1.807, 2.05) is 0 Å². The Hall–Kier alpha value is 0. The van der Waals surface area contributed by atoms with Crippen LogP contribution in [0.2, 0.25) is 0 Å². The molecule has 0 bridgehead atoms. The van der Waals surface area contributed by atoms with Gasteiger partial charge in [0.05, 0.1) is 0 Å². The van der Waals surface area contributed by atoms with Crippen molar-refractivity contribution in [1.82, 2.24) is 0 Å². The number of hydrogen-bond acceptors (Lipinski definition) is 0. The van der Waals surface area contributed by atoms with E-state index in [1.165, 1.54) is 44.9 Å². The molecule has 1 unspecified atom stereocenters. The molecule has 0 aromatic rings. The second kappa shape index (κ2) is 8.59. The summed E-state index contributed by atoms with van der Waals surface area (Å²) in [5.74, 6) is 4.45. The van der Waals surface area contributed by atoms with Crippen LogP contribution in [0.15, 0.2) is 0 Å². The van der Waals surface area contributed by atoms with Gasteiger partial charge in [-0.3, -0.25) is 0 Å². The van der Waals surface area contributed by atoms with Gasteiger partial charge < -0.3 is 0 Å². The molecular formula is C21H38. The first-order valence-electron chi connectivity index (χ1n) is 10.4. The SMILES string of the molecule is C1CCCC(CC2CCCC[C@H]2CC2CCCC2)CCC1. The van der Waals surface area contributed by atoms with E-state index in [9.17, 15) is 0 Å². The van der Waals surface area contributed by atoms with E-state index in [0.29, 0.717) is 0 Å². The Morgan fingerprint density at radius 2 is 0.714 bits per heavy atom. The van der Waals surface area contributed by atoms with E-state index in [2.05, 4.69) is 0 Å². The molecule has 3 aliphatic rings. The van der Waals surface area contributed by atoms with E-state index in [0.717, 1.165) is 23.7 Å². The number of hydrogen-bond donors (Lipinski definition) is 0. The lowest BCUT2D eigenvalue weighted by molar-refractivity contribution is 0.156. The van der Waals surface area contributed by atoms with Crippen molar-refractivity contribution in [2.24, 2.45) is 23.7 Å². The summed E-state index contributed by atoms with van der Waals surface area (Å²) in [6.07, 6.45) is 26.4. The summed E-state index contributed by atoms with van der Waals surface area (Å²) in [4.78, 5) is 0. The van der Waals surface area contributed by atoms with Crippen molar-refractivity contribution in [2.45, 2.75) is 109 Å². The Morgan fingerprint density at radius 3 is 1.19 bits per heavy atom. The second-order valence-corrected chi connectivity index (χ2v) is 8.64. The van der Waals surface area contributed by atoms with Gasteiger partial charge in [0.25, 0.3) is 0 Å². The summed E-state index contributed by atoms with van der Waals surface area (Å²) in [5, 5.41) is 0. The van der Waals surface area contributed by atoms with Crippen molar-refractivity contribution in [3.63, 3.8) is 0 Å². The first-order valence-corrected chi connectivity index (χ1v) is 10.4. The Kier molecular flexibility index (Phi) is 6.49. The largest absolute Gasteiger partial charge is 0.0533 e. The molecule has 0 heteroatoms. The molecular weight excluding hydrogens is 252 g/mol. The average Bonchev–Trinajstić information content (AvgIpc) is 2.96. The maximum atomic E-state index is 1.61. The molecule has 0 amide bonds. The third-order valence-electron chi connectivity index (χ3n) is 7.04. The summed E-state index contributed by atoms with van der Waals surface area (Å²) < 4.78 is 0. The van der Waals surface area contributed by atoms with Crippen LogP contribution in [-0.2, 0) is 0 Å². The van der Waals surface area contributed by atoms with Gasteiger partial charge in [0.15, 0.2) is 0 Å². The van der Waals surface area contributed by atoms with E-state index in [1.54, 1.807) is 64.2 Å². The van der Waals surface area contributed by atoms with E-state index < -0.39 is 0 Å². The van der Waals surface area contributed by atoms with Gasteiger partial charge in [-0.05, 0) is 36.5 Å². The second-order valence-electron chi connectivity index (χ2n) is 8.64. The normalized spacial score (nSPS) is 33.7. The van der Waals surface area contributed by atoms with E-state index in [4.69, 9.17) is 0 Å². The molecule has 3 aliphatic carbocycles. The van der Waals surface area contributed by atoms with Crippen molar-refractivity contribution in [2.75, 3.05) is 0 Å². The summed E-state index contributed by atoms with van der Waals surface area (Å²) in [5.41, 5.74) is 0. The Balaban J connectivity index is 1.50. The molecule has 3 fully saturated rings. The summed E-state index contributed by atoms with van der Waals surface area (Å²) in [6.45, 7) is 0. The maximum Gasteiger partial charge on any atom is -0.0383 e. The summed E-state index contributed by atoms with van der Waals surface area (Å²) in [6, 6.07) is 0. The van der Waals surface area contributed by atoms with Crippen molar-refractivity contribution in [1.29, 1.82) is 0 Å². The monoisotopic (exact) mass is 290 g/mol. The molecule has 0 aliphatic heterocycles. The van der Waals surface area contributed by atoms with Gasteiger partial charge in [0, 0.05) is 0 Å². The molecule has 0 aromatic carbocycles. The minimum atomic E-state index is 1.10. The average molecular weight is 291 g/mol. The van der Waals surface area contributed by atoms with Crippen LogP contribution in [0, 0.1) is 23.7 Å². The van der Waals surface area contributed by atoms with Crippen LogP contribution < -0.4 is 0 Å². The van der Waals surface area contributed by atoms with Crippen molar-refractivity contribution < 1.29 is 0 Å². The van der Waals surface area contributed by atoms with Crippen molar-refractivity contribution in [3.8, 4) is 0 Å². The zero-order chi connectivity index (χ0) is 14.3. The molecule has 3 saturated carbocycles. The highest BCUT2D eigenvalue weighted by Crippen LogP contribution is 2.42. The molecule has 122 valence electrons. The molecule has 0 saturated heterocycles. The van der Waals surface area contributed by atoms with Gasteiger partial charge in [-0.15, -0.1) is 0 Å². The van der Waals surface area contributed by atoms with Crippen LogP contribution in [0.5, 0.6) is 0 Å². The van der Waals surface area contributed by atoms with Crippen LogP contribution in [0.1, 0.15) is 109 Å². The van der Waals surface area contributed by atoms with Gasteiger partial charge in [-0.25, -0.2) is 0 Å². The summed E-state index contributed by atoms with van der Waals surface area (Å²) >= 11 is 0. The lowest BCUT2D eigenvalue weighted by atomic mass is 9.70. The predicted octanol–water partition coefficient (Wildman–Crippen LogP) is 7.12. The smallest absolute Gasteiger partial charge is 0.0383 e. The molecule has 3 rings (SSSR count). The fourth-order valence-corrected chi connectivity index (χ4v) is 5.78. The molecule has 2 atom stereocenters. The third kappa shape index (κ3) is 5.00. The van der Waals surface area contributed by atoms with Crippen LogP contribution in [0.25, 0.3) is 0 Å². The third-order valence-corrected chi connectivity index (χ3v) is 7.04. The maximum absolute atomic E-state index is 1.61. The van der Waals surface area contributed by atoms with Crippen molar-refractivity contribution >= 4 is 0 Å². The highest BCUT2D eigenvalue weighted by Gasteiger charge is 2.30. The molecule has 0 radical (unpaired) electrons. The van der Waals surface area contributed by atoms with Gasteiger partial charge >= 0.3 is 0 Å². The number of rotatable bonds is 4. The summed E-state index contributed by atoms with van der Waals surface area (Å²) in [7, 11) is 0. The molecule has 0 nitrogen and oxygen atoms in total. The molecule has 21 heavy (non-hydrogen) atoms. The first kappa shape index (κ1) is 15.9. The lowest BCUT2D eigenvalue weighted by Crippen LogP contribution is -2.24.